The molecule has 5 nitrogen and oxygen atoms in total. The summed E-state index contributed by atoms with van der Waals surface area (Å²) in [4.78, 5) is 12.5. The van der Waals surface area contributed by atoms with E-state index in [2.05, 4.69) is 0 Å². The minimum Gasteiger partial charge on any atom is -0.493 e. The Bertz CT molecular complexity index is 750. The van der Waals surface area contributed by atoms with Crippen molar-refractivity contribution in [3.05, 3.63) is 57.0 Å². The average molecular weight is 302 g/mol. The van der Waals surface area contributed by atoms with Crippen LogP contribution >= 0.6 is 0 Å². The molecule has 1 unspecified atom stereocenters. The summed E-state index contributed by atoms with van der Waals surface area (Å²) in [5.41, 5.74) is 9.48. The van der Waals surface area contributed by atoms with E-state index in [9.17, 15) is 4.79 Å². The SMILES string of the molecule is COc1ccc(C(N)c2c(C)cc(C)n(C)c2=O)cc1OC. The molecule has 2 aromatic rings. The Balaban J connectivity index is 2.56. The molecule has 0 radical (unpaired) electrons. The van der Waals surface area contributed by atoms with Gasteiger partial charge in [-0.05, 0) is 43.2 Å². The van der Waals surface area contributed by atoms with Crippen molar-refractivity contribution in [1.29, 1.82) is 0 Å². The number of benzene rings is 1. The number of hydrogen-bond acceptors (Lipinski definition) is 4. The predicted octanol–water partition coefficient (Wildman–Crippen LogP) is 2.07. The molecule has 0 saturated carbocycles. The quantitative estimate of drug-likeness (QED) is 0.939. The molecular formula is C17H22N2O3. The summed E-state index contributed by atoms with van der Waals surface area (Å²) in [5.74, 6) is 1.23. The lowest BCUT2D eigenvalue weighted by molar-refractivity contribution is 0.354. The lowest BCUT2D eigenvalue weighted by Gasteiger charge is -2.18. The normalized spacial score (nSPS) is 12.1. The summed E-state index contributed by atoms with van der Waals surface area (Å²) >= 11 is 0. The van der Waals surface area contributed by atoms with Gasteiger partial charge in [0.25, 0.3) is 5.56 Å². The Kier molecular flexibility index (Phi) is 4.56. The molecule has 1 atom stereocenters. The van der Waals surface area contributed by atoms with E-state index in [0.29, 0.717) is 17.1 Å². The van der Waals surface area contributed by atoms with Gasteiger partial charge < -0.3 is 19.8 Å². The molecule has 22 heavy (non-hydrogen) atoms. The van der Waals surface area contributed by atoms with Crippen molar-refractivity contribution < 1.29 is 9.47 Å². The Morgan fingerprint density at radius 2 is 1.73 bits per heavy atom. The zero-order valence-electron chi connectivity index (χ0n) is 13.6. The summed E-state index contributed by atoms with van der Waals surface area (Å²) in [6, 6.07) is 6.91. The minimum atomic E-state index is -0.515. The van der Waals surface area contributed by atoms with Crippen molar-refractivity contribution in [2.75, 3.05) is 14.2 Å². The number of hydrogen-bond donors (Lipinski definition) is 1. The smallest absolute Gasteiger partial charge is 0.255 e. The second-order valence-corrected chi connectivity index (χ2v) is 5.34. The lowest BCUT2D eigenvalue weighted by Crippen LogP contribution is -2.29. The first-order valence-electron chi connectivity index (χ1n) is 7.05. The van der Waals surface area contributed by atoms with Crippen molar-refractivity contribution in [2.24, 2.45) is 12.8 Å². The van der Waals surface area contributed by atoms with Gasteiger partial charge in [-0.15, -0.1) is 0 Å². The number of methoxy groups -OCH3 is 2. The highest BCUT2D eigenvalue weighted by Gasteiger charge is 2.19. The van der Waals surface area contributed by atoms with E-state index >= 15 is 0 Å². The zero-order valence-corrected chi connectivity index (χ0v) is 13.6. The maximum absolute atomic E-state index is 12.5. The molecule has 0 spiro atoms. The van der Waals surface area contributed by atoms with Crippen LogP contribution in [0.25, 0.3) is 0 Å². The van der Waals surface area contributed by atoms with Crippen molar-refractivity contribution in [3.63, 3.8) is 0 Å². The zero-order chi connectivity index (χ0) is 16.4. The van der Waals surface area contributed by atoms with E-state index < -0.39 is 6.04 Å². The molecule has 118 valence electrons. The predicted molar refractivity (Wildman–Crippen MR) is 86.7 cm³/mol. The van der Waals surface area contributed by atoms with Crippen LogP contribution in [0.2, 0.25) is 0 Å². The van der Waals surface area contributed by atoms with Gasteiger partial charge in [-0.2, -0.15) is 0 Å². The van der Waals surface area contributed by atoms with Gasteiger partial charge in [0.05, 0.1) is 20.3 Å². The van der Waals surface area contributed by atoms with Gasteiger partial charge in [-0.3, -0.25) is 4.79 Å². The van der Waals surface area contributed by atoms with Crippen molar-refractivity contribution in [2.45, 2.75) is 19.9 Å². The monoisotopic (exact) mass is 302 g/mol. The first-order valence-corrected chi connectivity index (χ1v) is 7.05. The van der Waals surface area contributed by atoms with Crippen molar-refractivity contribution >= 4 is 0 Å². The lowest BCUT2D eigenvalue weighted by atomic mass is 9.96. The van der Waals surface area contributed by atoms with Crippen LogP contribution < -0.4 is 20.8 Å². The number of nitrogens with two attached hydrogens (primary N) is 1. The van der Waals surface area contributed by atoms with Crippen molar-refractivity contribution in [1.82, 2.24) is 4.57 Å². The molecule has 1 aromatic carbocycles. The molecule has 0 aliphatic rings. The highest BCUT2D eigenvalue weighted by atomic mass is 16.5. The Hall–Kier alpha value is -2.27. The van der Waals surface area contributed by atoms with Crippen LogP contribution in [0.15, 0.2) is 29.1 Å². The molecule has 0 aliphatic carbocycles. The van der Waals surface area contributed by atoms with E-state index in [4.69, 9.17) is 15.2 Å². The summed E-state index contributed by atoms with van der Waals surface area (Å²) in [6.07, 6.45) is 0. The number of ether oxygens (including phenoxy) is 2. The van der Waals surface area contributed by atoms with E-state index in [1.807, 2.05) is 32.0 Å². The fraction of sp³-hybridized carbons (Fsp3) is 0.353. The molecule has 0 aliphatic heterocycles. The third kappa shape index (κ3) is 2.72. The fourth-order valence-corrected chi connectivity index (χ4v) is 2.59. The first kappa shape index (κ1) is 16.1. The molecule has 0 bridgehead atoms. The maximum Gasteiger partial charge on any atom is 0.255 e. The number of aryl methyl sites for hydroxylation is 2. The highest BCUT2D eigenvalue weighted by Crippen LogP contribution is 2.31. The van der Waals surface area contributed by atoms with E-state index in [0.717, 1.165) is 16.8 Å². The topological polar surface area (TPSA) is 66.5 Å². The van der Waals surface area contributed by atoms with Crippen LogP contribution in [0.4, 0.5) is 0 Å². The molecule has 0 fully saturated rings. The summed E-state index contributed by atoms with van der Waals surface area (Å²) in [6.45, 7) is 3.81. The standard InChI is InChI=1S/C17H22N2O3/c1-10-8-11(2)19(3)17(20)15(10)16(18)12-6-7-13(21-4)14(9-12)22-5/h6-9,16H,18H2,1-5H3. The van der Waals surface area contributed by atoms with Crippen LogP contribution in [-0.4, -0.2) is 18.8 Å². The Morgan fingerprint density at radius 1 is 1.09 bits per heavy atom. The van der Waals surface area contributed by atoms with Gasteiger partial charge in [-0.25, -0.2) is 0 Å². The summed E-state index contributed by atoms with van der Waals surface area (Å²) in [7, 11) is 4.91. The number of aromatic nitrogens is 1. The van der Waals surface area contributed by atoms with Crippen molar-refractivity contribution in [3.8, 4) is 11.5 Å². The number of pyridine rings is 1. The molecule has 1 aromatic heterocycles. The van der Waals surface area contributed by atoms with Gasteiger partial charge >= 0.3 is 0 Å². The molecule has 1 heterocycles. The molecule has 2 rings (SSSR count). The molecule has 0 amide bonds. The second-order valence-electron chi connectivity index (χ2n) is 5.34. The molecule has 0 saturated heterocycles. The van der Waals surface area contributed by atoms with Crippen LogP contribution in [0, 0.1) is 13.8 Å². The van der Waals surface area contributed by atoms with Crippen LogP contribution in [0.5, 0.6) is 11.5 Å². The van der Waals surface area contributed by atoms with E-state index in [1.54, 1.807) is 31.9 Å². The van der Waals surface area contributed by atoms with Gasteiger partial charge in [0.1, 0.15) is 0 Å². The van der Waals surface area contributed by atoms with Gasteiger partial charge in [-0.1, -0.05) is 6.07 Å². The summed E-state index contributed by atoms with van der Waals surface area (Å²) in [5, 5.41) is 0. The second kappa shape index (κ2) is 6.23. The number of nitrogens with zero attached hydrogens (tertiary/aromatic N) is 1. The van der Waals surface area contributed by atoms with Crippen LogP contribution in [0.3, 0.4) is 0 Å². The average Bonchev–Trinajstić information content (AvgIpc) is 2.51. The fourth-order valence-electron chi connectivity index (χ4n) is 2.59. The third-order valence-corrected chi connectivity index (χ3v) is 3.99. The molecular weight excluding hydrogens is 280 g/mol. The van der Waals surface area contributed by atoms with E-state index in [1.165, 1.54) is 0 Å². The minimum absolute atomic E-state index is 0.0696. The number of rotatable bonds is 4. The van der Waals surface area contributed by atoms with E-state index in [-0.39, 0.29) is 5.56 Å². The third-order valence-electron chi connectivity index (χ3n) is 3.99. The first-order chi connectivity index (χ1) is 10.4. The van der Waals surface area contributed by atoms with Gasteiger partial charge in [0.2, 0.25) is 0 Å². The van der Waals surface area contributed by atoms with Gasteiger partial charge in [0, 0.05) is 18.3 Å². The molecule has 5 heteroatoms. The van der Waals surface area contributed by atoms with Crippen LogP contribution in [-0.2, 0) is 7.05 Å². The highest BCUT2D eigenvalue weighted by molar-refractivity contribution is 5.46. The Morgan fingerprint density at radius 3 is 2.32 bits per heavy atom. The largest absolute Gasteiger partial charge is 0.493 e. The van der Waals surface area contributed by atoms with Gasteiger partial charge in [0.15, 0.2) is 11.5 Å². The van der Waals surface area contributed by atoms with Crippen LogP contribution in [0.1, 0.15) is 28.4 Å². The maximum atomic E-state index is 12.5. The molecule has 2 N–H and O–H groups in total. The summed E-state index contributed by atoms with van der Waals surface area (Å²) < 4.78 is 12.1. The Labute approximate surface area is 130 Å².